The van der Waals surface area contributed by atoms with Crippen LogP contribution in [0.4, 0.5) is 0 Å². The van der Waals surface area contributed by atoms with E-state index in [0.717, 1.165) is 16.8 Å². The zero-order valence-electron chi connectivity index (χ0n) is 16.8. The van der Waals surface area contributed by atoms with Gasteiger partial charge in [-0.15, -0.1) is 5.10 Å². The van der Waals surface area contributed by atoms with E-state index in [9.17, 15) is 14.7 Å². The van der Waals surface area contributed by atoms with Crippen LogP contribution in [0.2, 0.25) is 0 Å². The number of aliphatic hydroxyl groups excluding tert-OH is 1. The number of carbonyl (C=O) groups is 2. The second kappa shape index (κ2) is 7.91. The third-order valence-corrected chi connectivity index (χ3v) is 5.81. The smallest absolute Gasteiger partial charge is 0.274 e. The number of carbonyl (C=O) groups excluding carboxylic acids is 2. The number of benzene rings is 1. The lowest BCUT2D eigenvalue weighted by Crippen LogP contribution is -2.37. The van der Waals surface area contributed by atoms with Crippen LogP contribution in [0.15, 0.2) is 30.6 Å². The van der Waals surface area contributed by atoms with Crippen LogP contribution >= 0.6 is 0 Å². The van der Waals surface area contributed by atoms with E-state index >= 15 is 0 Å². The fourth-order valence-corrected chi connectivity index (χ4v) is 4.12. The van der Waals surface area contributed by atoms with Gasteiger partial charge in [0.25, 0.3) is 11.8 Å². The molecule has 0 aliphatic carbocycles. The molecule has 2 N–H and O–H groups in total. The molecule has 0 saturated carbocycles. The minimum atomic E-state index is -0.467. The summed E-state index contributed by atoms with van der Waals surface area (Å²) < 4.78 is 1.61. The number of likely N-dealkylation sites (tertiary alicyclic amines) is 1. The van der Waals surface area contributed by atoms with E-state index in [1.807, 2.05) is 12.1 Å². The van der Waals surface area contributed by atoms with Gasteiger partial charge in [0.15, 0.2) is 5.69 Å². The lowest BCUT2D eigenvalue weighted by molar-refractivity contribution is 0.0731. The summed E-state index contributed by atoms with van der Waals surface area (Å²) in [4.78, 5) is 29.1. The summed E-state index contributed by atoms with van der Waals surface area (Å²) in [6.07, 6.45) is 2.23. The lowest BCUT2D eigenvalue weighted by atomic mass is 10.0. The fourth-order valence-electron chi connectivity index (χ4n) is 4.12. The highest BCUT2D eigenvalue weighted by Gasteiger charge is 2.32. The Kier molecular flexibility index (Phi) is 4.94. The molecule has 3 aromatic rings. The first-order valence-electron chi connectivity index (χ1n) is 10.2. The third kappa shape index (κ3) is 3.79. The molecule has 160 valence electrons. The standard InChI is InChI=1S/C20H22N8O3/c29-15-5-7-26(10-15)20(31)18-16-6-8-27(11-17(16)22-23-18)19(30)14-3-1-13(2-4-14)9-28-12-21-24-25-28/h1-4,12,15,29H,5-11H2,(H,22,23). The summed E-state index contributed by atoms with van der Waals surface area (Å²) in [5, 5.41) is 27.9. The van der Waals surface area contributed by atoms with Crippen LogP contribution in [0.3, 0.4) is 0 Å². The van der Waals surface area contributed by atoms with Crippen molar-refractivity contribution in [3.05, 3.63) is 58.7 Å². The van der Waals surface area contributed by atoms with Gasteiger partial charge in [-0.25, -0.2) is 4.68 Å². The largest absolute Gasteiger partial charge is 0.391 e. The summed E-state index contributed by atoms with van der Waals surface area (Å²) in [7, 11) is 0. The first kappa shape index (κ1) is 19.4. The van der Waals surface area contributed by atoms with Crippen LogP contribution in [0.5, 0.6) is 0 Å². The molecule has 2 aliphatic heterocycles. The van der Waals surface area contributed by atoms with Gasteiger partial charge in [0.1, 0.15) is 6.33 Å². The number of rotatable bonds is 4. The molecule has 31 heavy (non-hydrogen) atoms. The van der Waals surface area contributed by atoms with Gasteiger partial charge >= 0.3 is 0 Å². The Labute approximate surface area is 177 Å². The maximum atomic E-state index is 13.0. The third-order valence-electron chi connectivity index (χ3n) is 5.81. The number of nitrogens with one attached hydrogen (secondary N) is 1. The molecule has 0 radical (unpaired) electrons. The second-order valence-corrected chi connectivity index (χ2v) is 7.90. The Hall–Kier alpha value is -3.60. The molecule has 1 aromatic carbocycles. The van der Waals surface area contributed by atoms with Crippen molar-refractivity contribution in [1.29, 1.82) is 0 Å². The number of nitrogens with zero attached hydrogens (tertiary/aromatic N) is 7. The van der Waals surface area contributed by atoms with Gasteiger partial charge in [0.2, 0.25) is 0 Å². The van der Waals surface area contributed by atoms with Gasteiger partial charge in [0.05, 0.1) is 24.9 Å². The molecule has 2 aliphatic rings. The monoisotopic (exact) mass is 422 g/mol. The Bertz CT molecular complexity index is 1090. The molecule has 1 atom stereocenters. The van der Waals surface area contributed by atoms with Crippen LogP contribution in [-0.2, 0) is 19.5 Å². The predicted molar refractivity (Wildman–Crippen MR) is 107 cm³/mol. The minimum Gasteiger partial charge on any atom is -0.391 e. The highest BCUT2D eigenvalue weighted by Crippen LogP contribution is 2.24. The normalized spacial score (nSPS) is 18.3. The molecule has 2 amide bonds. The Balaban J connectivity index is 1.26. The number of hydrogen-bond acceptors (Lipinski definition) is 7. The Morgan fingerprint density at radius 1 is 1.13 bits per heavy atom. The van der Waals surface area contributed by atoms with Gasteiger partial charge in [0, 0.05) is 30.8 Å². The molecule has 11 heteroatoms. The number of hydrogen-bond donors (Lipinski definition) is 2. The van der Waals surface area contributed by atoms with Crippen molar-refractivity contribution in [2.24, 2.45) is 0 Å². The molecular formula is C20H22N8O3. The molecule has 1 fully saturated rings. The fraction of sp³-hybridized carbons (Fsp3) is 0.400. The average molecular weight is 422 g/mol. The highest BCUT2D eigenvalue weighted by atomic mass is 16.3. The number of H-pyrrole nitrogens is 1. The van der Waals surface area contributed by atoms with Gasteiger partial charge < -0.3 is 14.9 Å². The van der Waals surface area contributed by atoms with Crippen LogP contribution < -0.4 is 0 Å². The van der Waals surface area contributed by atoms with Crippen LogP contribution in [0.1, 0.15) is 44.1 Å². The molecule has 0 spiro atoms. The molecule has 1 unspecified atom stereocenters. The number of β-amino-alcohol motifs (C(OH)–C–C–N with tert-alkyl or cyclic N) is 1. The van der Waals surface area contributed by atoms with Crippen molar-refractivity contribution in [3.63, 3.8) is 0 Å². The van der Waals surface area contributed by atoms with E-state index in [2.05, 4.69) is 25.7 Å². The van der Waals surface area contributed by atoms with Gasteiger partial charge in [-0.1, -0.05) is 12.1 Å². The highest BCUT2D eigenvalue weighted by molar-refractivity contribution is 5.96. The molecule has 2 aromatic heterocycles. The van der Waals surface area contributed by atoms with E-state index < -0.39 is 6.10 Å². The molecule has 1 saturated heterocycles. The van der Waals surface area contributed by atoms with Crippen molar-refractivity contribution in [1.82, 2.24) is 40.2 Å². The zero-order chi connectivity index (χ0) is 21.4. The van der Waals surface area contributed by atoms with Crippen LogP contribution in [0.25, 0.3) is 0 Å². The van der Waals surface area contributed by atoms with E-state index in [4.69, 9.17) is 0 Å². The summed E-state index contributed by atoms with van der Waals surface area (Å²) >= 11 is 0. The number of aliphatic hydroxyl groups is 1. The molecule has 0 bridgehead atoms. The van der Waals surface area contributed by atoms with Crippen molar-refractivity contribution >= 4 is 11.8 Å². The Morgan fingerprint density at radius 2 is 1.97 bits per heavy atom. The van der Waals surface area contributed by atoms with E-state index in [1.165, 1.54) is 0 Å². The zero-order valence-corrected chi connectivity index (χ0v) is 16.8. The Morgan fingerprint density at radius 3 is 2.68 bits per heavy atom. The second-order valence-electron chi connectivity index (χ2n) is 7.90. The number of tetrazole rings is 1. The lowest BCUT2D eigenvalue weighted by Gasteiger charge is -2.27. The topological polar surface area (TPSA) is 133 Å². The maximum Gasteiger partial charge on any atom is 0.274 e. The summed E-state index contributed by atoms with van der Waals surface area (Å²) in [6, 6.07) is 7.39. The first-order valence-corrected chi connectivity index (χ1v) is 10.2. The van der Waals surface area contributed by atoms with Gasteiger partial charge in [-0.3, -0.25) is 14.7 Å². The predicted octanol–water partition coefficient (Wildman–Crippen LogP) is -0.150. The average Bonchev–Trinajstić information content (AvgIpc) is 3.54. The summed E-state index contributed by atoms with van der Waals surface area (Å²) in [5.74, 6) is -0.225. The van der Waals surface area contributed by atoms with Gasteiger partial charge in [-0.05, 0) is 41.0 Å². The van der Waals surface area contributed by atoms with E-state index in [1.54, 1.807) is 32.9 Å². The van der Waals surface area contributed by atoms with E-state index in [-0.39, 0.29) is 11.8 Å². The SMILES string of the molecule is O=C(c1ccc(Cn2cnnn2)cc1)N1CCc2c(C(=O)N3CCC(O)C3)n[nH]c2C1. The van der Waals surface area contributed by atoms with Crippen molar-refractivity contribution < 1.29 is 14.7 Å². The molecular weight excluding hydrogens is 400 g/mol. The number of amides is 2. The summed E-state index contributed by atoms with van der Waals surface area (Å²) in [5.41, 5.74) is 3.66. The molecule has 4 heterocycles. The quantitative estimate of drug-likeness (QED) is 0.597. The van der Waals surface area contributed by atoms with Crippen molar-refractivity contribution in [2.75, 3.05) is 19.6 Å². The molecule has 5 rings (SSSR count). The molecule has 11 nitrogen and oxygen atoms in total. The minimum absolute atomic E-state index is 0.0650. The number of fused-ring (bicyclic) bond motifs is 1. The summed E-state index contributed by atoms with van der Waals surface area (Å²) in [6.45, 7) is 2.31. The first-order chi connectivity index (χ1) is 15.1. The van der Waals surface area contributed by atoms with Gasteiger partial charge in [-0.2, -0.15) is 5.10 Å². The van der Waals surface area contributed by atoms with E-state index in [0.29, 0.717) is 56.8 Å². The number of aromatic nitrogens is 6. The van der Waals surface area contributed by atoms with Crippen molar-refractivity contribution in [3.8, 4) is 0 Å². The van der Waals surface area contributed by atoms with Crippen LogP contribution in [-0.4, -0.2) is 82.9 Å². The number of aromatic amines is 1. The van der Waals surface area contributed by atoms with Crippen molar-refractivity contribution in [2.45, 2.75) is 32.0 Å². The maximum absolute atomic E-state index is 13.0. The van der Waals surface area contributed by atoms with Crippen LogP contribution in [0, 0.1) is 0 Å².